The molecule has 0 bridgehead atoms. The number of amides is 1. The number of carbonyl (C=O) groups excluding carboxylic acids is 1. The Kier molecular flexibility index (Phi) is 12.9. The highest BCUT2D eigenvalue weighted by Crippen LogP contribution is 2.40. The molecule has 6 rings (SSSR count). The van der Waals surface area contributed by atoms with E-state index in [2.05, 4.69) is 4.72 Å². The third-order valence-corrected chi connectivity index (χ3v) is 11.1. The van der Waals surface area contributed by atoms with Gasteiger partial charge >= 0.3 is 12.1 Å². The van der Waals surface area contributed by atoms with Crippen molar-refractivity contribution in [2.45, 2.75) is 73.7 Å². The first kappa shape index (κ1) is 41.6. The lowest BCUT2D eigenvalue weighted by Crippen LogP contribution is -2.58. The molecule has 1 aliphatic heterocycles. The van der Waals surface area contributed by atoms with Gasteiger partial charge in [-0.15, -0.1) is 0 Å². The van der Waals surface area contributed by atoms with Crippen molar-refractivity contribution in [3.05, 3.63) is 89.4 Å². The zero-order chi connectivity index (χ0) is 40.1. The smallest absolute Gasteiger partial charge is 0.490 e. The zero-order valence-corrected chi connectivity index (χ0v) is 31.1. The van der Waals surface area contributed by atoms with E-state index in [1.54, 1.807) is 42.5 Å². The second-order valence-electron chi connectivity index (χ2n) is 13.3. The third-order valence-electron chi connectivity index (χ3n) is 9.42. The Balaban J connectivity index is 0.000000757. The number of nitrogens with zero attached hydrogens (tertiary/aromatic N) is 1. The number of ether oxygens (including phenoxy) is 2. The highest BCUT2D eigenvalue weighted by atomic mass is 35.5. The molecular formula is C38H39ClF5N3O7S. The fourth-order valence-corrected chi connectivity index (χ4v) is 7.73. The van der Waals surface area contributed by atoms with Crippen LogP contribution >= 0.6 is 11.6 Å². The van der Waals surface area contributed by atoms with Gasteiger partial charge in [-0.25, -0.2) is 13.2 Å². The number of halogens is 6. The number of carbonyl (C=O) groups is 2. The van der Waals surface area contributed by atoms with Crippen LogP contribution in [0, 0.1) is 0 Å². The van der Waals surface area contributed by atoms with Gasteiger partial charge in [-0.2, -0.15) is 26.7 Å². The van der Waals surface area contributed by atoms with Crippen LogP contribution in [0.15, 0.2) is 83.8 Å². The van der Waals surface area contributed by atoms with E-state index in [4.69, 9.17) is 36.7 Å². The van der Waals surface area contributed by atoms with Gasteiger partial charge in [0.2, 0.25) is 15.9 Å². The van der Waals surface area contributed by atoms with Crippen LogP contribution in [-0.4, -0.2) is 74.9 Å². The van der Waals surface area contributed by atoms with Crippen LogP contribution in [0.2, 0.25) is 5.02 Å². The number of alkyl halides is 5. The average Bonchev–Trinajstić information content (AvgIpc) is 3.66. The summed E-state index contributed by atoms with van der Waals surface area (Å²) in [6, 6.07) is 17.6. The molecule has 1 atom stereocenters. The maximum Gasteiger partial charge on any atom is 0.490 e. The maximum absolute atomic E-state index is 16.6. The molecule has 1 amide bonds. The molecule has 1 saturated carbocycles. The Morgan fingerprint density at radius 1 is 0.891 bits per heavy atom. The molecule has 17 heteroatoms. The molecule has 4 N–H and O–H groups in total. The van der Waals surface area contributed by atoms with Crippen molar-refractivity contribution in [3.8, 4) is 22.6 Å². The monoisotopic (exact) mass is 811 g/mol. The third kappa shape index (κ3) is 10.2. The van der Waals surface area contributed by atoms with Crippen LogP contribution in [0.1, 0.15) is 44.1 Å². The Morgan fingerprint density at radius 3 is 2.09 bits per heavy atom. The van der Waals surface area contributed by atoms with Crippen LogP contribution in [0.25, 0.3) is 21.9 Å². The fourth-order valence-electron chi connectivity index (χ4n) is 6.38. The van der Waals surface area contributed by atoms with Gasteiger partial charge in [0.15, 0.2) is 6.04 Å². The van der Waals surface area contributed by atoms with E-state index in [1.807, 2.05) is 6.07 Å². The molecule has 1 aliphatic carbocycles. The minimum atomic E-state index is -5.08. The van der Waals surface area contributed by atoms with E-state index in [1.165, 1.54) is 36.3 Å². The Hall–Kier alpha value is -4.51. The molecule has 55 heavy (non-hydrogen) atoms. The SMILES string of the molecule is COc1cc(C(F)(F)[C@H](NS(=O)(=O)c2ccc3cc(OC4CCCC4)ccc3c2)C(=O)N2CCC(N)CC2)ccc1-c1ccc(Cl)cc1.O=C(O)C(F)(F)F. The fraction of sp³-hybridized carbons (Fsp3) is 0.368. The summed E-state index contributed by atoms with van der Waals surface area (Å²) < 4.78 is 106. The lowest BCUT2D eigenvalue weighted by atomic mass is 9.95. The number of carboxylic acids is 1. The lowest BCUT2D eigenvalue weighted by molar-refractivity contribution is -0.192. The van der Waals surface area contributed by atoms with Crippen LogP contribution in [0.4, 0.5) is 22.0 Å². The summed E-state index contributed by atoms with van der Waals surface area (Å²) in [6.07, 6.45) is 0.149. The molecule has 4 aromatic rings. The predicted molar refractivity (Wildman–Crippen MR) is 196 cm³/mol. The number of rotatable bonds is 10. The molecule has 0 unspecified atom stereocenters. The summed E-state index contributed by atoms with van der Waals surface area (Å²) >= 11 is 6.02. The molecule has 0 radical (unpaired) electrons. The van der Waals surface area contributed by atoms with Crippen LogP contribution in [0.3, 0.4) is 0 Å². The Bertz CT molecular complexity index is 2110. The number of hydrogen-bond donors (Lipinski definition) is 3. The molecule has 10 nitrogen and oxygen atoms in total. The molecule has 2 aliphatic rings. The second kappa shape index (κ2) is 17.1. The van der Waals surface area contributed by atoms with E-state index in [0.717, 1.165) is 37.1 Å². The van der Waals surface area contributed by atoms with Crippen molar-refractivity contribution >= 4 is 44.3 Å². The minimum Gasteiger partial charge on any atom is -0.496 e. The molecule has 0 spiro atoms. The average molecular weight is 812 g/mol. The van der Waals surface area contributed by atoms with E-state index in [9.17, 15) is 26.4 Å². The van der Waals surface area contributed by atoms with Gasteiger partial charge in [-0.05, 0) is 97.3 Å². The number of nitrogens with two attached hydrogens (primary N) is 1. The molecule has 1 saturated heterocycles. The summed E-state index contributed by atoms with van der Waals surface area (Å²) in [5, 5.41) is 8.96. The minimum absolute atomic E-state index is 0.123. The summed E-state index contributed by atoms with van der Waals surface area (Å²) in [4.78, 5) is 23.7. The number of hydrogen-bond acceptors (Lipinski definition) is 7. The second-order valence-corrected chi connectivity index (χ2v) is 15.4. The van der Waals surface area contributed by atoms with Gasteiger partial charge in [0.25, 0.3) is 5.92 Å². The number of likely N-dealkylation sites (tertiary alicyclic amines) is 1. The number of methoxy groups -OCH3 is 1. The Morgan fingerprint density at radius 2 is 1.49 bits per heavy atom. The van der Waals surface area contributed by atoms with Crippen LogP contribution < -0.4 is 19.9 Å². The van der Waals surface area contributed by atoms with Gasteiger partial charge < -0.3 is 25.2 Å². The highest BCUT2D eigenvalue weighted by Gasteiger charge is 2.50. The zero-order valence-electron chi connectivity index (χ0n) is 29.5. The van der Waals surface area contributed by atoms with E-state index in [0.29, 0.717) is 40.1 Å². The van der Waals surface area contributed by atoms with Crippen LogP contribution in [-0.2, 0) is 25.5 Å². The normalized spacial score (nSPS) is 16.3. The molecular weight excluding hydrogens is 773 g/mol. The maximum atomic E-state index is 16.6. The van der Waals surface area contributed by atoms with E-state index >= 15 is 8.78 Å². The summed E-state index contributed by atoms with van der Waals surface area (Å²) in [5.74, 6) is -6.96. The summed E-state index contributed by atoms with van der Waals surface area (Å²) in [5.41, 5.74) is 6.62. The van der Waals surface area contributed by atoms with E-state index in [-0.39, 0.29) is 35.9 Å². The molecule has 4 aromatic carbocycles. The number of piperidine rings is 1. The number of fused-ring (bicyclic) bond motifs is 1. The van der Waals surface area contributed by atoms with Crippen molar-refractivity contribution in [2.24, 2.45) is 5.73 Å². The van der Waals surface area contributed by atoms with E-state index < -0.39 is 45.6 Å². The first-order valence-electron chi connectivity index (χ1n) is 17.3. The van der Waals surface area contributed by atoms with Crippen molar-refractivity contribution < 1.29 is 54.5 Å². The number of benzene rings is 4. The lowest BCUT2D eigenvalue weighted by Gasteiger charge is -2.35. The quantitative estimate of drug-likeness (QED) is 0.140. The Labute approximate surface area is 319 Å². The molecule has 1 heterocycles. The first-order chi connectivity index (χ1) is 25.9. The molecule has 0 aromatic heterocycles. The van der Waals surface area contributed by atoms with Crippen molar-refractivity contribution in [1.29, 1.82) is 0 Å². The largest absolute Gasteiger partial charge is 0.496 e. The summed E-state index contributed by atoms with van der Waals surface area (Å²) in [7, 11) is -3.26. The summed E-state index contributed by atoms with van der Waals surface area (Å²) in [6.45, 7) is 0.267. The predicted octanol–water partition coefficient (Wildman–Crippen LogP) is 7.51. The van der Waals surface area contributed by atoms with Crippen molar-refractivity contribution in [2.75, 3.05) is 20.2 Å². The topological polar surface area (TPSA) is 148 Å². The van der Waals surface area contributed by atoms with Gasteiger partial charge in [-0.3, -0.25) is 4.79 Å². The van der Waals surface area contributed by atoms with Gasteiger partial charge in [0.05, 0.1) is 18.1 Å². The molecule has 2 fully saturated rings. The van der Waals surface area contributed by atoms with Gasteiger partial charge in [0.1, 0.15) is 11.5 Å². The van der Waals surface area contributed by atoms with Gasteiger partial charge in [0, 0.05) is 35.3 Å². The number of carboxylic acid groups (broad SMARTS) is 1. The number of nitrogens with one attached hydrogen (secondary N) is 1. The van der Waals surface area contributed by atoms with Crippen LogP contribution in [0.5, 0.6) is 11.5 Å². The standard InChI is InChI=1S/C36H38ClF2N3O5S.C2HF3O2/c1-46-33-22-26(10-15-32(33)23-6-11-27(37)12-7-23)36(38,39)34(35(43)42-18-16-28(40)17-19-42)41-48(44,45)31-14-9-24-20-30(13-8-25(24)21-31)47-29-4-2-3-5-29;3-2(4,5)1(6)7/h6-15,20-22,28-29,34,41H,2-5,16-19,40H2,1H3;(H,6,7)/t34-;/m1./s1. The molecule has 296 valence electrons. The van der Waals surface area contributed by atoms with Crippen molar-refractivity contribution in [1.82, 2.24) is 9.62 Å². The van der Waals surface area contributed by atoms with Gasteiger partial charge in [-0.1, -0.05) is 48.0 Å². The van der Waals surface area contributed by atoms with Crippen molar-refractivity contribution in [3.63, 3.8) is 0 Å². The number of aliphatic carboxylic acids is 1. The highest BCUT2D eigenvalue weighted by molar-refractivity contribution is 7.89. The number of sulfonamides is 1. The first-order valence-corrected chi connectivity index (χ1v) is 19.1.